The molecule has 0 saturated heterocycles. The largest absolute Gasteiger partial charge is 0.322 e. The quantitative estimate of drug-likeness (QED) is 0.261. The van der Waals surface area contributed by atoms with Crippen LogP contribution in [0.1, 0.15) is 17.2 Å². The smallest absolute Gasteiger partial charge is 0.298 e. The Morgan fingerprint density at radius 3 is 2.55 bits per heavy atom. The van der Waals surface area contributed by atoms with Gasteiger partial charge in [0, 0.05) is 11.6 Å². The summed E-state index contributed by atoms with van der Waals surface area (Å²) in [5.41, 5.74) is -0.467. The monoisotopic (exact) mass is 424 g/mol. The summed E-state index contributed by atoms with van der Waals surface area (Å²) in [4.78, 5) is 5.06. The molecule has 12 heteroatoms. The maximum absolute atomic E-state index is 15.4. The van der Waals surface area contributed by atoms with E-state index in [0.717, 1.165) is 23.5 Å². The zero-order valence-corrected chi connectivity index (χ0v) is 15.6. The Morgan fingerprint density at radius 1 is 1.24 bits per heavy atom. The Balaban J connectivity index is 2.00. The normalized spacial score (nSPS) is 13.0. The third kappa shape index (κ3) is 4.46. The molecule has 29 heavy (non-hydrogen) atoms. The molecular weight excluding hydrogens is 409 g/mol. The molecule has 0 radical (unpaired) electrons. The molecule has 0 fully saturated rings. The Kier molecular flexibility index (Phi) is 5.99. The molecule has 1 atom stereocenters. The molecule has 3 aromatic rings. The van der Waals surface area contributed by atoms with Crippen molar-refractivity contribution in [3.63, 3.8) is 0 Å². The molecular formula is C17H16ClF3N8. The number of rotatable bonds is 7. The lowest BCUT2D eigenvalue weighted by molar-refractivity contribution is -0.0442. The summed E-state index contributed by atoms with van der Waals surface area (Å²) in [6.45, 7) is -0.490. The number of hydrogen-bond donors (Lipinski definition) is 2. The molecule has 0 aliphatic rings. The van der Waals surface area contributed by atoms with Crippen molar-refractivity contribution in [3.05, 3.63) is 71.0 Å². The lowest BCUT2D eigenvalue weighted by Crippen LogP contribution is -2.40. The van der Waals surface area contributed by atoms with Gasteiger partial charge in [0.25, 0.3) is 5.92 Å². The van der Waals surface area contributed by atoms with Gasteiger partial charge in [-0.05, 0) is 29.8 Å². The van der Waals surface area contributed by atoms with Crippen molar-refractivity contribution in [1.29, 1.82) is 0 Å². The molecule has 4 N–H and O–H groups in total. The number of benzene rings is 1. The van der Waals surface area contributed by atoms with Gasteiger partial charge in [-0.15, -0.1) is 0 Å². The number of alkyl halides is 2. The van der Waals surface area contributed by atoms with Crippen LogP contribution in [0.4, 0.5) is 13.2 Å². The van der Waals surface area contributed by atoms with E-state index in [1.807, 2.05) is 0 Å². The lowest BCUT2D eigenvalue weighted by atomic mass is 9.89. The topological polar surface area (TPSA) is 111 Å². The molecule has 0 bridgehead atoms. The van der Waals surface area contributed by atoms with Crippen LogP contribution in [0, 0.1) is 5.82 Å². The van der Waals surface area contributed by atoms with Crippen LogP contribution in [-0.2, 0) is 5.92 Å². The fourth-order valence-corrected chi connectivity index (χ4v) is 2.92. The third-order valence-electron chi connectivity index (χ3n) is 4.12. The van der Waals surface area contributed by atoms with Crippen molar-refractivity contribution in [2.24, 2.45) is 16.8 Å². The summed E-state index contributed by atoms with van der Waals surface area (Å²) >= 11 is 5.75. The number of hydrazone groups is 1. The van der Waals surface area contributed by atoms with E-state index in [2.05, 4.69) is 20.3 Å². The SMILES string of the molecule is N/N=C\N(N)CC(c1ccc(Cl)cc1F)C(F)(F)c1ccc(-n2nccn2)cn1. The number of halogens is 4. The van der Waals surface area contributed by atoms with Crippen LogP contribution in [0.2, 0.25) is 5.02 Å². The standard InChI is InChI=1S/C17H16ClF3N8/c18-11-1-3-13(15(19)7-11)14(9-28(23)10-25-22)17(20,21)16-4-2-12(8-24-16)29-26-5-6-27-29/h1-8,10,14H,9,22-23H2/b25-10-. The van der Waals surface area contributed by atoms with Gasteiger partial charge in [0.15, 0.2) is 0 Å². The molecule has 1 unspecified atom stereocenters. The Hall–Kier alpha value is -3.18. The van der Waals surface area contributed by atoms with E-state index in [1.54, 1.807) is 0 Å². The molecule has 0 spiro atoms. The minimum atomic E-state index is -3.59. The van der Waals surface area contributed by atoms with Crippen LogP contribution < -0.4 is 11.7 Å². The molecule has 2 heterocycles. The average molecular weight is 425 g/mol. The van der Waals surface area contributed by atoms with E-state index in [4.69, 9.17) is 23.3 Å². The molecule has 1 aromatic carbocycles. The first-order valence-electron chi connectivity index (χ1n) is 8.23. The van der Waals surface area contributed by atoms with E-state index in [9.17, 15) is 4.39 Å². The predicted molar refractivity (Wildman–Crippen MR) is 101 cm³/mol. The summed E-state index contributed by atoms with van der Waals surface area (Å²) in [7, 11) is 0. The van der Waals surface area contributed by atoms with Crippen LogP contribution in [0.5, 0.6) is 0 Å². The first kappa shape index (κ1) is 20.6. The first-order valence-corrected chi connectivity index (χ1v) is 8.61. The van der Waals surface area contributed by atoms with Crippen molar-refractivity contribution in [2.45, 2.75) is 11.8 Å². The number of hydrazine groups is 1. The first-order chi connectivity index (χ1) is 13.8. The van der Waals surface area contributed by atoms with E-state index in [0.29, 0.717) is 5.69 Å². The van der Waals surface area contributed by atoms with Crippen molar-refractivity contribution in [1.82, 2.24) is 25.0 Å². The van der Waals surface area contributed by atoms with Crippen LogP contribution in [0.25, 0.3) is 5.69 Å². The van der Waals surface area contributed by atoms with Crippen molar-refractivity contribution in [3.8, 4) is 5.69 Å². The van der Waals surface area contributed by atoms with Gasteiger partial charge in [0.1, 0.15) is 23.5 Å². The zero-order chi connectivity index (χ0) is 21.0. The Morgan fingerprint density at radius 2 is 1.97 bits per heavy atom. The predicted octanol–water partition coefficient (Wildman–Crippen LogP) is 2.41. The summed E-state index contributed by atoms with van der Waals surface area (Å²) in [5.74, 6) is 4.48. The maximum Gasteiger partial charge on any atom is 0.298 e. The molecule has 152 valence electrons. The molecule has 8 nitrogen and oxygen atoms in total. The number of nitrogens with zero attached hydrogens (tertiary/aromatic N) is 6. The number of pyridine rings is 1. The Labute approximate surface area is 168 Å². The minimum absolute atomic E-state index is 0.0793. The molecule has 0 amide bonds. The molecule has 0 aliphatic heterocycles. The minimum Gasteiger partial charge on any atom is -0.322 e. The summed E-state index contributed by atoms with van der Waals surface area (Å²) in [5, 5.41) is 11.9. The highest BCUT2D eigenvalue weighted by Gasteiger charge is 2.45. The summed E-state index contributed by atoms with van der Waals surface area (Å²) in [6.07, 6.45) is 5.03. The van der Waals surface area contributed by atoms with E-state index in [1.165, 1.54) is 41.6 Å². The fraction of sp³-hybridized carbons (Fsp3) is 0.176. The second-order valence-electron chi connectivity index (χ2n) is 6.02. The lowest BCUT2D eigenvalue weighted by Gasteiger charge is -2.29. The highest BCUT2D eigenvalue weighted by atomic mass is 35.5. The molecule has 0 aliphatic carbocycles. The molecule has 2 aromatic heterocycles. The maximum atomic E-state index is 15.4. The van der Waals surface area contributed by atoms with E-state index in [-0.39, 0.29) is 10.6 Å². The van der Waals surface area contributed by atoms with Crippen molar-refractivity contribution >= 4 is 17.9 Å². The van der Waals surface area contributed by atoms with Crippen LogP contribution >= 0.6 is 11.6 Å². The van der Waals surface area contributed by atoms with Crippen molar-refractivity contribution in [2.75, 3.05) is 6.54 Å². The van der Waals surface area contributed by atoms with E-state index < -0.39 is 29.9 Å². The molecule has 0 saturated carbocycles. The van der Waals surface area contributed by atoms with Crippen LogP contribution in [0.3, 0.4) is 0 Å². The molecule has 3 rings (SSSR count). The zero-order valence-electron chi connectivity index (χ0n) is 14.8. The van der Waals surface area contributed by atoms with Gasteiger partial charge in [-0.3, -0.25) is 9.99 Å². The highest BCUT2D eigenvalue weighted by Crippen LogP contribution is 2.42. The van der Waals surface area contributed by atoms with Gasteiger partial charge >= 0.3 is 0 Å². The Bertz CT molecular complexity index is 979. The van der Waals surface area contributed by atoms with Gasteiger partial charge in [0.05, 0.1) is 24.5 Å². The summed E-state index contributed by atoms with van der Waals surface area (Å²) < 4.78 is 45.3. The van der Waals surface area contributed by atoms with Crippen LogP contribution in [0.15, 0.2) is 54.0 Å². The number of nitrogens with two attached hydrogens (primary N) is 2. The van der Waals surface area contributed by atoms with Gasteiger partial charge in [0.2, 0.25) is 0 Å². The van der Waals surface area contributed by atoms with Gasteiger partial charge in [-0.2, -0.15) is 28.9 Å². The van der Waals surface area contributed by atoms with E-state index >= 15 is 8.78 Å². The fourth-order valence-electron chi connectivity index (χ4n) is 2.77. The average Bonchev–Trinajstić information content (AvgIpc) is 3.22. The van der Waals surface area contributed by atoms with Gasteiger partial charge < -0.3 is 5.84 Å². The number of aromatic nitrogens is 4. The number of hydrogen-bond acceptors (Lipinski definition) is 6. The van der Waals surface area contributed by atoms with Crippen LogP contribution in [-0.4, -0.2) is 37.9 Å². The highest BCUT2D eigenvalue weighted by molar-refractivity contribution is 6.30. The second kappa shape index (κ2) is 8.45. The third-order valence-corrected chi connectivity index (χ3v) is 4.36. The summed E-state index contributed by atoms with van der Waals surface area (Å²) in [6, 6.07) is 5.97. The second-order valence-corrected chi connectivity index (χ2v) is 6.46. The van der Waals surface area contributed by atoms with Crippen molar-refractivity contribution < 1.29 is 13.2 Å². The van der Waals surface area contributed by atoms with Gasteiger partial charge in [-0.25, -0.2) is 10.2 Å². The van der Waals surface area contributed by atoms with Gasteiger partial charge in [-0.1, -0.05) is 17.7 Å².